The van der Waals surface area contributed by atoms with Crippen LogP contribution in [0.25, 0.3) is 0 Å². The molecule has 0 radical (unpaired) electrons. The van der Waals surface area contributed by atoms with Crippen LogP contribution in [0.3, 0.4) is 0 Å². The minimum absolute atomic E-state index is 0.0555. The van der Waals surface area contributed by atoms with Crippen LogP contribution >= 0.6 is 0 Å². The van der Waals surface area contributed by atoms with E-state index in [0.29, 0.717) is 25.9 Å². The van der Waals surface area contributed by atoms with E-state index < -0.39 is 11.4 Å². The van der Waals surface area contributed by atoms with Crippen molar-refractivity contribution >= 4 is 11.9 Å². The van der Waals surface area contributed by atoms with Gasteiger partial charge in [0.05, 0.1) is 18.1 Å². The average Bonchev–Trinajstić information content (AvgIpc) is 2.50. The number of ether oxygens (including phenoxy) is 1. The maximum absolute atomic E-state index is 12.6. The van der Waals surface area contributed by atoms with E-state index in [9.17, 15) is 14.7 Å². The molecule has 1 N–H and O–H groups in total. The Morgan fingerprint density at radius 1 is 1.26 bits per heavy atom. The summed E-state index contributed by atoms with van der Waals surface area (Å²) in [6.07, 6.45) is 2.01. The van der Waals surface area contributed by atoms with Crippen molar-refractivity contribution in [3.8, 4) is 0 Å². The smallest absolute Gasteiger partial charge is 0.310 e. The van der Waals surface area contributed by atoms with Gasteiger partial charge in [-0.05, 0) is 25.3 Å². The molecule has 5 heteroatoms. The molecule has 23 heavy (non-hydrogen) atoms. The van der Waals surface area contributed by atoms with Crippen molar-refractivity contribution in [1.29, 1.82) is 0 Å². The van der Waals surface area contributed by atoms with Gasteiger partial charge in [0.25, 0.3) is 0 Å². The van der Waals surface area contributed by atoms with Crippen LogP contribution in [0.5, 0.6) is 0 Å². The quantitative estimate of drug-likeness (QED) is 0.927. The lowest BCUT2D eigenvalue weighted by atomic mass is 9.66. The lowest BCUT2D eigenvalue weighted by Crippen LogP contribution is -2.49. The number of hydrogen-bond donors (Lipinski definition) is 1. The van der Waals surface area contributed by atoms with Crippen molar-refractivity contribution in [2.45, 2.75) is 44.8 Å². The van der Waals surface area contributed by atoms with E-state index >= 15 is 0 Å². The molecule has 0 spiro atoms. The van der Waals surface area contributed by atoms with Crippen molar-refractivity contribution in [1.82, 2.24) is 4.90 Å². The highest BCUT2D eigenvalue weighted by Gasteiger charge is 2.47. The van der Waals surface area contributed by atoms with E-state index in [2.05, 4.69) is 0 Å². The molecule has 1 amide bonds. The van der Waals surface area contributed by atoms with E-state index in [1.165, 1.54) is 0 Å². The average molecular weight is 317 g/mol. The molecule has 1 saturated carbocycles. The summed E-state index contributed by atoms with van der Waals surface area (Å²) >= 11 is 0. The molecular weight excluding hydrogens is 294 g/mol. The van der Waals surface area contributed by atoms with Gasteiger partial charge < -0.3 is 14.7 Å². The van der Waals surface area contributed by atoms with E-state index in [1.807, 2.05) is 37.3 Å². The summed E-state index contributed by atoms with van der Waals surface area (Å²) in [5, 5.41) is 9.42. The van der Waals surface area contributed by atoms with Crippen LogP contribution in [0.2, 0.25) is 0 Å². The summed E-state index contributed by atoms with van der Waals surface area (Å²) in [4.78, 5) is 25.9. The number of benzene rings is 1. The van der Waals surface area contributed by atoms with Crippen LogP contribution in [-0.2, 0) is 14.3 Å². The number of carbonyl (C=O) groups excluding carboxylic acids is 1. The Morgan fingerprint density at radius 3 is 2.52 bits per heavy atom. The van der Waals surface area contributed by atoms with Gasteiger partial charge in [-0.15, -0.1) is 0 Å². The Balaban J connectivity index is 1.69. The van der Waals surface area contributed by atoms with Crippen molar-refractivity contribution in [2.75, 3.05) is 13.1 Å². The van der Waals surface area contributed by atoms with Crippen LogP contribution in [0, 0.1) is 5.41 Å². The maximum atomic E-state index is 12.6. The van der Waals surface area contributed by atoms with E-state index in [0.717, 1.165) is 12.0 Å². The normalized spacial score (nSPS) is 26.4. The Kier molecular flexibility index (Phi) is 4.39. The summed E-state index contributed by atoms with van der Waals surface area (Å²) in [7, 11) is 0. The zero-order valence-corrected chi connectivity index (χ0v) is 13.4. The van der Waals surface area contributed by atoms with Gasteiger partial charge in [0.1, 0.15) is 6.10 Å². The van der Waals surface area contributed by atoms with E-state index in [1.54, 1.807) is 4.90 Å². The monoisotopic (exact) mass is 317 g/mol. The number of amides is 1. The molecular formula is C18H23NO4. The second-order valence-corrected chi connectivity index (χ2v) is 6.76. The van der Waals surface area contributed by atoms with Gasteiger partial charge in [0.15, 0.2) is 0 Å². The fourth-order valence-electron chi connectivity index (χ4n) is 3.48. The lowest BCUT2D eigenvalue weighted by molar-refractivity contribution is -0.163. The molecule has 1 saturated heterocycles. The SMILES string of the molecule is CC1CN(C(=O)CC2(C(=O)O)CCC2)CC(c2ccccc2)O1. The lowest BCUT2D eigenvalue weighted by Gasteiger charge is -2.41. The van der Waals surface area contributed by atoms with Gasteiger partial charge >= 0.3 is 5.97 Å². The first-order valence-electron chi connectivity index (χ1n) is 8.22. The van der Waals surface area contributed by atoms with Gasteiger partial charge in [-0.25, -0.2) is 0 Å². The predicted octanol–water partition coefficient (Wildman–Crippen LogP) is 2.62. The fourth-order valence-corrected chi connectivity index (χ4v) is 3.48. The van der Waals surface area contributed by atoms with Crippen molar-refractivity contribution in [3.05, 3.63) is 35.9 Å². The van der Waals surface area contributed by atoms with E-state index in [-0.39, 0.29) is 24.5 Å². The highest BCUT2D eigenvalue weighted by molar-refractivity contribution is 5.85. The van der Waals surface area contributed by atoms with Crippen LogP contribution < -0.4 is 0 Å². The summed E-state index contributed by atoms with van der Waals surface area (Å²) < 4.78 is 5.96. The number of carboxylic acids is 1. The summed E-state index contributed by atoms with van der Waals surface area (Å²) in [5.74, 6) is -0.902. The zero-order valence-electron chi connectivity index (χ0n) is 13.4. The van der Waals surface area contributed by atoms with Crippen molar-refractivity contribution < 1.29 is 19.4 Å². The molecule has 2 atom stereocenters. The second-order valence-electron chi connectivity index (χ2n) is 6.76. The third-order valence-corrected chi connectivity index (χ3v) is 5.04. The Labute approximate surface area is 136 Å². The minimum Gasteiger partial charge on any atom is -0.481 e. The third kappa shape index (κ3) is 3.24. The first-order chi connectivity index (χ1) is 11.0. The standard InChI is InChI=1S/C18H23NO4/c1-13-11-19(12-15(23-13)14-6-3-2-4-7-14)16(20)10-18(17(21)22)8-5-9-18/h2-4,6-7,13,15H,5,8-12H2,1H3,(H,21,22). The Morgan fingerprint density at radius 2 is 1.96 bits per heavy atom. The number of rotatable bonds is 4. The number of morpholine rings is 1. The largest absolute Gasteiger partial charge is 0.481 e. The van der Waals surface area contributed by atoms with Crippen LogP contribution in [0.15, 0.2) is 30.3 Å². The van der Waals surface area contributed by atoms with Gasteiger partial charge in [-0.3, -0.25) is 9.59 Å². The Bertz CT molecular complexity index is 582. The molecule has 0 bridgehead atoms. The van der Waals surface area contributed by atoms with Gasteiger partial charge in [0.2, 0.25) is 5.91 Å². The zero-order chi connectivity index (χ0) is 16.4. The van der Waals surface area contributed by atoms with Crippen LogP contribution in [-0.4, -0.2) is 41.1 Å². The molecule has 2 fully saturated rings. The first kappa shape index (κ1) is 16.0. The number of carbonyl (C=O) groups is 2. The fraction of sp³-hybridized carbons (Fsp3) is 0.556. The predicted molar refractivity (Wildman–Crippen MR) is 84.8 cm³/mol. The molecule has 1 aliphatic carbocycles. The van der Waals surface area contributed by atoms with Crippen molar-refractivity contribution in [2.24, 2.45) is 5.41 Å². The molecule has 2 aliphatic rings. The summed E-state index contributed by atoms with van der Waals surface area (Å²) in [6, 6.07) is 9.85. The molecule has 1 aromatic rings. The first-order valence-corrected chi connectivity index (χ1v) is 8.22. The molecule has 2 unspecified atom stereocenters. The number of carboxylic acid groups (broad SMARTS) is 1. The van der Waals surface area contributed by atoms with Crippen LogP contribution in [0.1, 0.15) is 44.3 Å². The molecule has 1 aromatic carbocycles. The topological polar surface area (TPSA) is 66.8 Å². The van der Waals surface area contributed by atoms with Crippen LogP contribution in [0.4, 0.5) is 0 Å². The number of nitrogens with zero attached hydrogens (tertiary/aromatic N) is 1. The highest BCUT2D eigenvalue weighted by atomic mass is 16.5. The number of aliphatic carboxylic acids is 1. The Hall–Kier alpha value is -1.88. The highest BCUT2D eigenvalue weighted by Crippen LogP contribution is 2.44. The summed E-state index contributed by atoms with van der Waals surface area (Å²) in [5.41, 5.74) is 0.217. The molecule has 5 nitrogen and oxygen atoms in total. The molecule has 0 aromatic heterocycles. The van der Waals surface area contributed by atoms with Crippen molar-refractivity contribution in [3.63, 3.8) is 0 Å². The molecule has 1 heterocycles. The molecule has 1 aliphatic heterocycles. The maximum Gasteiger partial charge on any atom is 0.310 e. The molecule has 3 rings (SSSR count). The van der Waals surface area contributed by atoms with Gasteiger partial charge in [-0.2, -0.15) is 0 Å². The second kappa shape index (κ2) is 6.32. The third-order valence-electron chi connectivity index (χ3n) is 5.04. The summed E-state index contributed by atoms with van der Waals surface area (Å²) in [6.45, 7) is 2.96. The van der Waals surface area contributed by atoms with E-state index in [4.69, 9.17) is 4.74 Å². The van der Waals surface area contributed by atoms with Gasteiger partial charge in [0, 0.05) is 13.0 Å². The molecule has 124 valence electrons. The van der Waals surface area contributed by atoms with Gasteiger partial charge in [-0.1, -0.05) is 36.8 Å². The number of hydrogen-bond acceptors (Lipinski definition) is 3. The minimum atomic E-state index is -0.835.